The van der Waals surface area contributed by atoms with Crippen LogP contribution in [0.15, 0.2) is 18.2 Å². The van der Waals surface area contributed by atoms with Crippen molar-refractivity contribution < 1.29 is 14.3 Å². The molecule has 3 rings (SSSR count). The highest BCUT2D eigenvalue weighted by Crippen LogP contribution is 2.50. The van der Waals surface area contributed by atoms with E-state index in [1.807, 2.05) is 25.1 Å². The summed E-state index contributed by atoms with van der Waals surface area (Å²) in [7, 11) is 1.56. The lowest BCUT2D eigenvalue weighted by molar-refractivity contribution is -0.123. The molecule has 0 saturated carbocycles. The van der Waals surface area contributed by atoms with Gasteiger partial charge >= 0.3 is 0 Å². The van der Waals surface area contributed by atoms with Gasteiger partial charge in [0.15, 0.2) is 11.5 Å². The molecule has 0 spiro atoms. The predicted molar refractivity (Wildman–Crippen MR) is 82.6 cm³/mol. The molecule has 1 amide bonds. The lowest BCUT2D eigenvalue weighted by Crippen LogP contribution is -2.48. The van der Waals surface area contributed by atoms with E-state index in [0.29, 0.717) is 17.9 Å². The van der Waals surface area contributed by atoms with E-state index in [-0.39, 0.29) is 18.7 Å². The van der Waals surface area contributed by atoms with Crippen molar-refractivity contribution in [1.29, 1.82) is 5.26 Å². The smallest absolute Gasteiger partial charge is 0.250 e. The Morgan fingerprint density at radius 1 is 1.50 bits per heavy atom. The minimum absolute atomic E-state index is 0.196. The first-order valence-electron chi connectivity index (χ1n) is 6.95. The van der Waals surface area contributed by atoms with E-state index in [0.717, 1.165) is 5.56 Å². The summed E-state index contributed by atoms with van der Waals surface area (Å²) in [5.41, 5.74) is 0.107. The molecule has 2 heterocycles. The van der Waals surface area contributed by atoms with Gasteiger partial charge in [0.05, 0.1) is 17.5 Å². The SMILES string of the molecule is CNC(=O)C1(S)CC(C)(C#N)C(c2ccc3c(c2)OCO3)N1. The molecule has 3 atom stereocenters. The van der Waals surface area contributed by atoms with Crippen LogP contribution >= 0.6 is 12.6 Å². The molecule has 0 bridgehead atoms. The van der Waals surface area contributed by atoms with Gasteiger partial charge in [-0.15, -0.1) is 12.6 Å². The number of ether oxygens (including phenoxy) is 2. The van der Waals surface area contributed by atoms with E-state index in [9.17, 15) is 10.1 Å². The number of amides is 1. The van der Waals surface area contributed by atoms with Crippen molar-refractivity contribution in [2.45, 2.75) is 24.3 Å². The Morgan fingerprint density at radius 2 is 2.23 bits per heavy atom. The standard InChI is InChI=1S/C15H17N3O3S/c1-14(7-16)6-15(22,13(19)17-2)18-12(14)9-3-4-10-11(5-9)21-8-20-10/h3-5,12,18,22H,6,8H2,1-2H3,(H,17,19). The Bertz CT molecular complexity index is 674. The molecule has 7 heteroatoms. The Balaban J connectivity index is 1.98. The van der Waals surface area contributed by atoms with Gasteiger partial charge in [-0.25, -0.2) is 0 Å². The van der Waals surface area contributed by atoms with E-state index in [1.165, 1.54) is 0 Å². The molecule has 3 unspecified atom stereocenters. The van der Waals surface area contributed by atoms with E-state index in [2.05, 4.69) is 29.3 Å². The fourth-order valence-corrected chi connectivity index (χ4v) is 3.65. The molecule has 6 nitrogen and oxygen atoms in total. The minimum atomic E-state index is -1.08. The van der Waals surface area contributed by atoms with E-state index in [1.54, 1.807) is 7.05 Å². The first-order chi connectivity index (χ1) is 10.4. The molecular formula is C15H17N3O3S. The molecule has 1 fully saturated rings. The average molecular weight is 319 g/mol. The summed E-state index contributed by atoms with van der Waals surface area (Å²) in [4.78, 5) is 11.0. The summed E-state index contributed by atoms with van der Waals surface area (Å²) in [5, 5.41) is 15.4. The number of carbonyl (C=O) groups is 1. The number of nitriles is 1. The maximum Gasteiger partial charge on any atom is 0.250 e. The maximum atomic E-state index is 12.1. The molecule has 1 aromatic rings. The van der Waals surface area contributed by atoms with Crippen LogP contribution in [-0.4, -0.2) is 24.6 Å². The lowest BCUT2D eigenvalue weighted by atomic mass is 9.79. The van der Waals surface area contributed by atoms with Crippen molar-refractivity contribution in [2.75, 3.05) is 13.8 Å². The van der Waals surface area contributed by atoms with Crippen LogP contribution < -0.4 is 20.1 Å². The predicted octanol–water partition coefficient (Wildman–Crippen LogP) is 1.35. The van der Waals surface area contributed by atoms with Gasteiger partial charge in [0.25, 0.3) is 0 Å². The van der Waals surface area contributed by atoms with Gasteiger partial charge in [-0.05, 0) is 24.6 Å². The number of likely N-dealkylation sites (N-methyl/N-ethyl adjacent to an activating group) is 1. The van der Waals surface area contributed by atoms with Gasteiger partial charge in [-0.2, -0.15) is 5.26 Å². The Labute approximate surface area is 134 Å². The Morgan fingerprint density at radius 3 is 2.91 bits per heavy atom. The number of benzene rings is 1. The summed E-state index contributed by atoms with van der Waals surface area (Å²) >= 11 is 4.48. The number of hydrogen-bond donors (Lipinski definition) is 3. The third kappa shape index (κ3) is 2.19. The molecule has 1 saturated heterocycles. The van der Waals surface area contributed by atoms with Crippen molar-refractivity contribution in [3.8, 4) is 17.6 Å². The van der Waals surface area contributed by atoms with Crippen LogP contribution in [0.2, 0.25) is 0 Å². The number of fused-ring (bicyclic) bond motifs is 1. The second-order valence-electron chi connectivity index (χ2n) is 5.84. The van der Waals surface area contributed by atoms with Crippen molar-refractivity contribution in [2.24, 2.45) is 5.41 Å². The fraction of sp³-hybridized carbons (Fsp3) is 0.467. The highest BCUT2D eigenvalue weighted by molar-refractivity contribution is 7.82. The molecule has 0 aliphatic carbocycles. The van der Waals surface area contributed by atoms with Crippen LogP contribution in [0.5, 0.6) is 11.5 Å². The Kier molecular flexibility index (Phi) is 3.46. The van der Waals surface area contributed by atoms with Crippen LogP contribution in [0.4, 0.5) is 0 Å². The van der Waals surface area contributed by atoms with Crippen molar-refractivity contribution in [3.05, 3.63) is 23.8 Å². The summed E-state index contributed by atoms with van der Waals surface area (Å²) in [5.74, 6) is 1.08. The largest absolute Gasteiger partial charge is 0.454 e. The molecule has 22 heavy (non-hydrogen) atoms. The minimum Gasteiger partial charge on any atom is -0.454 e. The molecule has 2 aliphatic heterocycles. The van der Waals surface area contributed by atoms with Gasteiger partial charge < -0.3 is 14.8 Å². The number of hydrogen-bond acceptors (Lipinski definition) is 6. The molecular weight excluding hydrogens is 302 g/mol. The number of thiol groups is 1. The van der Waals surface area contributed by atoms with Gasteiger partial charge in [0.1, 0.15) is 4.87 Å². The molecule has 2 N–H and O–H groups in total. The zero-order valence-corrected chi connectivity index (χ0v) is 13.2. The van der Waals surface area contributed by atoms with Gasteiger partial charge in [0.2, 0.25) is 12.7 Å². The number of nitrogens with one attached hydrogen (secondary N) is 2. The Hall–Kier alpha value is -1.91. The van der Waals surface area contributed by atoms with Crippen molar-refractivity contribution in [3.63, 3.8) is 0 Å². The van der Waals surface area contributed by atoms with E-state index in [4.69, 9.17) is 9.47 Å². The zero-order valence-electron chi connectivity index (χ0n) is 12.3. The van der Waals surface area contributed by atoms with E-state index >= 15 is 0 Å². The van der Waals surface area contributed by atoms with Crippen molar-refractivity contribution >= 4 is 18.5 Å². The summed E-state index contributed by atoms with van der Waals surface area (Å²) in [6.45, 7) is 2.03. The fourth-order valence-electron chi connectivity index (χ4n) is 3.08. The van der Waals surface area contributed by atoms with Crippen molar-refractivity contribution in [1.82, 2.24) is 10.6 Å². The average Bonchev–Trinajstić information content (AvgIpc) is 3.09. The first-order valence-corrected chi connectivity index (χ1v) is 7.40. The first kappa shape index (κ1) is 15.0. The molecule has 116 valence electrons. The highest BCUT2D eigenvalue weighted by Gasteiger charge is 2.54. The summed E-state index contributed by atoms with van der Waals surface area (Å²) in [6.07, 6.45) is 0.304. The number of nitrogens with zero attached hydrogens (tertiary/aromatic N) is 1. The van der Waals surface area contributed by atoms with Gasteiger partial charge in [-0.1, -0.05) is 6.07 Å². The number of rotatable bonds is 2. The quantitative estimate of drug-likeness (QED) is 0.717. The van der Waals surface area contributed by atoms with Crippen LogP contribution in [0, 0.1) is 16.7 Å². The molecule has 1 aromatic carbocycles. The number of carbonyl (C=O) groups excluding carboxylic acids is 1. The monoisotopic (exact) mass is 319 g/mol. The topological polar surface area (TPSA) is 83.4 Å². The third-order valence-corrected chi connectivity index (χ3v) is 4.72. The molecule has 0 radical (unpaired) electrons. The van der Waals surface area contributed by atoms with Crippen LogP contribution in [0.25, 0.3) is 0 Å². The van der Waals surface area contributed by atoms with Crippen LogP contribution in [-0.2, 0) is 4.79 Å². The van der Waals surface area contributed by atoms with Gasteiger partial charge in [-0.3, -0.25) is 10.1 Å². The lowest BCUT2D eigenvalue weighted by Gasteiger charge is -2.24. The van der Waals surface area contributed by atoms with E-state index < -0.39 is 10.3 Å². The highest BCUT2D eigenvalue weighted by atomic mass is 32.1. The molecule has 2 aliphatic rings. The normalized spacial score (nSPS) is 32.5. The molecule has 0 aromatic heterocycles. The summed E-state index contributed by atoms with van der Waals surface area (Å²) in [6, 6.07) is 7.54. The third-order valence-electron chi connectivity index (χ3n) is 4.23. The maximum absolute atomic E-state index is 12.1. The second-order valence-corrected chi connectivity index (χ2v) is 6.60. The second kappa shape index (κ2) is 5.07. The zero-order chi connectivity index (χ0) is 16.0. The van der Waals surface area contributed by atoms with Gasteiger partial charge in [0, 0.05) is 13.5 Å². The summed E-state index contributed by atoms with van der Waals surface area (Å²) < 4.78 is 10.7. The van der Waals surface area contributed by atoms with Crippen LogP contribution in [0.3, 0.4) is 0 Å². The van der Waals surface area contributed by atoms with Crippen LogP contribution in [0.1, 0.15) is 24.9 Å².